The Morgan fingerprint density at radius 3 is 2.88 bits per heavy atom. The number of H-pyrrole nitrogens is 1. The van der Waals surface area contributed by atoms with Gasteiger partial charge in [0.25, 0.3) is 0 Å². The third kappa shape index (κ3) is 3.59. The highest BCUT2D eigenvalue weighted by Crippen LogP contribution is 2.33. The number of fused-ring (bicyclic) bond motifs is 2. The fraction of sp³-hybridized carbons (Fsp3) is 0.182. The van der Waals surface area contributed by atoms with Crippen LogP contribution < -0.4 is 16.2 Å². The van der Waals surface area contributed by atoms with E-state index in [2.05, 4.69) is 15.6 Å². The highest BCUT2D eigenvalue weighted by molar-refractivity contribution is 7.80. The molecule has 1 unspecified atom stereocenters. The minimum atomic E-state index is -0.436. The van der Waals surface area contributed by atoms with E-state index in [4.69, 9.17) is 34.5 Å². The van der Waals surface area contributed by atoms with Gasteiger partial charge in [-0.3, -0.25) is 15.3 Å². The number of carbonyl (C=O) groups excluding carboxylic acids is 1. The first-order valence-electron chi connectivity index (χ1n) is 10.2. The first-order valence-corrected chi connectivity index (χ1v) is 11.0. The van der Waals surface area contributed by atoms with Gasteiger partial charge in [0.2, 0.25) is 5.91 Å². The van der Waals surface area contributed by atoms with E-state index >= 15 is 0 Å². The Morgan fingerprint density at radius 1 is 1.28 bits per heavy atom. The van der Waals surface area contributed by atoms with E-state index in [1.165, 1.54) is 5.01 Å². The molecule has 1 amide bonds. The van der Waals surface area contributed by atoms with Crippen molar-refractivity contribution in [3.8, 4) is 11.3 Å². The number of anilines is 1. The van der Waals surface area contributed by atoms with Gasteiger partial charge in [0.15, 0.2) is 5.11 Å². The van der Waals surface area contributed by atoms with Gasteiger partial charge in [-0.15, -0.1) is 0 Å². The Labute approximate surface area is 194 Å². The molecule has 2 aromatic carbocycles. The lowest BCUT2D eigenvalue weighted by Crippen LogP contribution is -2.51. The first kappa shape index (κ1) is 20.5. The van der Waals surface area contributed by atoms with Crippen molar-refractivity contribution in [3.05, 3.63) is 65.7 Å². The van der Waals surface area contributed by atoms with Gasteiger partial charge in [0, 0.05) is 23.7 Å². The summed E-state index contributed by atoms with van der Waals surface area (Å²) in [6, 6.07) is 13.5. The summed E-state index contributed by atoms with van der Waals surface area (Å²) >= 11 is 11.8. The van der Waals surface area contributed by atoms with Crippen LogP contribution in [0, 0.1) is 0 Å². The number of carbonyl (C=O) groups is 1. The highest BCUT2D eigenvalue weighted by atomic mass is 35.5. The van der Waals surface area contributed by atoms with Gasteiger partial charge in [-0.05, 0) is 37.2 Å². The third-order valence-corrected chi connectivity index (χ3v) is 6.20. The van der Waals surface area contributed by atoms with E-state index < -0.39 is 5.92 Å². The Kier molecular flexibility index (Phi) is 5.28. The fourth-order valence-electron chi connectivity index (χ4n) is 4.04. The monoisotopic (exact) mass is 465 g/mol. The predicted octanol–water partition coefficient (Wildman–Crippen LogP) is 3.74. The van der Waals surface area contributed by atoms with Crippen molar-refractivity contribution in [2.75, 3.05) is 5.01 Å². The van der Waals surface area contributed by atoms with Crippen LogP contribution in [0.5, 0.6) is 0 Å². The van der Waals surface area contributed by atoms with E-state index in [1.54, 1.807) is 18.3 Å². The van der Waals surface area contributed by atoms with E-state index in [-0.39, 0.29) is 11.0 Å². The maximum Gasteiger partial charge on any atom is 0.249 e. The summed E-state index contributed by atoms with van der Waals surface area (Å²) in [7, 11) is 0. The maximum absolute atomic E-state index is 13.3. The van der Waals surface area contributed by atoms with Crippen LogP contribution in [0.3, 0.4) is 0 Å². The molecule has 32 heavy (non-hydrogen) atoms. The number of rotatable bonds is 3. The second-order valence-electron chi connectivity index (χ2n) is 7.62. The van der Waals surface area contributed by atoms with Crippen LogP contribution in [-0.2, 0) is 11.3 Å². The Balaban J connectivity index is 1.44. The predicted molar refractivity (Wildman–Crippen MR) is 128 cm³/mol. The number of aromatic amines is 1. The van der Waals surface area contributed by atoms with Crippen LogP contribution in [0.15, 0.2) is 54.9 Å². The minimum absolute atomic E-state index is 0.0211. The lowest BCUT2D eigenvalue weighted by Gasteiger charge is -2.28. The topological polar surface area (TPSA) is 105 Å². The molecule has 5 rings (SSSR count). The fourth-order valence-corrected chi connectivity index (χ4v) is 4.49. The number of nitrogens with two attached hydrogens (primary N) is 1. The van der Waals surface area contributed by atoms with Crippen molar-refractivity contribution in [2.45, 2.75) is 25.3 Å². The standard InChI is InChI=1S/C22H20ClN7OS/c23-19-15-11-25-27-16(15)8-9-18(19)30(22(24)32)28-21(31)14-7-4-10-29-12-17(26-20(14)29)13-5-2-1-3-6-13/h1-3,5-6,8-9,11-12,14H,4,7,10H2,(H2,24,32)(H,25,27)(H,28,31). The third-order valence-electron chi connectivity index (χ3n) is 5.62. The molecule has 1 aliphatic heterocycles. The number of halogens is 1. The van der Waals surface area contributed by atoms with E-state index in [9.17, 15) is 4.79 Å². The van der Waals surface area contributed by atoms with Crippen molar-refractivity contribution in [3.63, 3.8) is 0 Å². The summed E-state index contributed by atoms with van der Waals surface area (Å²) in [5, 5.41) is 9.28. The second kappa shape index (κ2) is 8.25. The number of hydrogen-bond acceptors (Lipinski definition) is 4. The van der Waals surface area contributed by atoms with Crippen LogP contribution in [-0.4, -0.2) is 30.8 Å². The molecule has 10 heteroatoms. The van der Waals surface area contributed by atoms with E-state index in [1.807, 2.05) is 41.1 Å². The number of nitrogens with zero attached hydrogens (tertiary/aromatic N) is 4. The smallest absolute Gasteiger partial charge is 0.249 e. The zero-order valence-electron chi connectivity index (χ0n) is 17.0. The zero-order valence-corrected chi connectivity index (χ0v) is 18.5. The molecule has 4 N–H and O–H groups in total. The average molecular weight is 466 g/mol. The molecule has 8 nitrogen and oxygen atoms in total. The maximum atomic E-state index is 13.3. The van der Waals surface area contributed by atoms with Gasteiger partial charge < -0.3 is 10.3 Å². The summed E-state index contributed by atoms with van der Waals surface area (Å²) in [4.78, 5) is 18.1. The summed E-state index contributed by atoms with van der Waals surface area (Å²) in [5.41, 5.74) is 11.9. The highest BCUT2D eigenvalue weighted by Gasteiger charge is 2.31. The van der Waals surface area contributed by atoms with Crippen LogP contribution in [0.25, 0.3) is 22.2 Å². The number of aryl methyl sites for hydroxylation is 1. The minimum Gasteiger partial charge on any atom is -0.374 e. The molecule has 162 valence electrons. The summed E-state index contributed by atoms with van der Waals surface area (Å²) < 4.78 is 2.05. The molecule has 0 spiro atoms. The van der Waals surface area contributed by atoms with Crippen molar-refractivity contribution in [1.82, 2.24) is 25.2 Å². The average Bonchev–Trinajstić information content (AvgIpc) is 3.45. The lowest BCUT2D eigenvalue weighted by molar-refractivity contribution is -0.123. The lowest BCUT2D eigenvalue weighted by atomic mass is 9.98. The van der Waals surface area contributed by atoms with Gasteiger partial charge in [0.1, 0.15) is 5.82 Å². The van der Waals surface area contributed by atoms with Gasteiger partial charge in [-0.25, -0.2) is 9.99 Å². The van der Waals surface area contributed by atoms with Gasteiger partial charge in [0.05, 0.1) is 34.0 Å². The molecule has 0 saturated heterocycles. The molecule has 0 aliphatic carbocycles. The summed E-state index contributed by atoms with van der Waals surface area (Å²) in [5.74, 6) is 0.0497. The van der Waals surface area contributed by atoms with Crippen molar-refractivity contribution in [1.29, 1.82) is 0 Å². The van der Waals surface area contributed by atoms with Crippen LogP contribution >= 0.6 is 23.8 Å². The number of hydrazine groups is 1. The molecule has 0 saturated carbocycles. The van der Waals surface area contributed by atoms with Crippen molar-refractivity contribution >= 4 is 51.4 Å². The molecule has 4 aromatic rings. The molecule has 2 aromatic heterocycles. The zero-order chi connectivity index (χ0) is 22.2. The van der Waals surface area contributed by atoms with Gasteiger partial charge in [-0.1, -0.05) is 41.9 Å². The Morgan fingerprint density at radius 2 is 2.09 bits per heavy atom. The van der Waals surface area contributed by atoms with E-state index in [0.717, 1.165) is 35.6 Å². The van der Waals surface area contributed by atoms with Crippen LogP contribution in [0.1, 0.15) is 24.6 Å². The summed E-state index contributed by atoms with van der Waals surface area (Å²) in [6.45, 7) is 0.820. The number of nitrogens with one attached hydrogen (secondary N) is 2. The SMILES string of the molecule is NC(=S)N(NC(=O)C1CCCn2cc(-c3ccccc3)nc21)c1ccc2[nH]ncc2c1Cl. The van der Waals surface area contributed by atoms with Crippen molar-refractivity contribution in [2.24, 2.45) is 5.73 Å². The van der Waals surface area contributed by atoms with Gasteiger partial charge >= 0.3 is 0 Å². The molecule has 0 fully saturated rings. The quantitative estimate of drug-likeness (QED) is 0.314. The molecule has 1 atom stereocenters. The molecular formula is C22H20ClN7OS. The van der Waals surface area contributed by atoms with Crippen LogP contribution in [0.2, 0.25) is 5.02 Å². The number of hydrogen-bond donors (Lipinski definition) is 3. The molecule has 0 bridgehead atoms. The number of amides is 1. The Hall–Kier alpha value is -3.43. The second-order valence-corrected chi connectivity index (χ2v) is 8.41. The molecule has 0 radical (unpaired) electrons. The van der Waals surface area contributed by atoms with Crippen molar-refractivity contribution < 1.29 is 4.79 Å². The Bertz CT molecular complexity index is 1320. The summed E-state index contributed by atoms with van der Waals surface area (Å²) in [6.07, 6.45) is 5.16. The van der Waals surface area contributed by atoms with Crippen LogP contribution in [0.4, 0.5) is 5.69 Å². The number of thiocarbonyl (C=S) groups is 1. The number of imidazole rings is 1. The molecule has 3 heterocycles. The number of benzene rings is 2. The molecule has 1 aliphatic rings. The number of aromatic nitrogens is 4. The normalized spacial score (nSPS) is 15.3. The first-order chi connectivity index (χ1) is 15.5. The molecular weight excluding hydrogens is 446 g/mol. The van der Waals surface area contributed by atoms with E-state index in [0.29, 0.717) is 22.5 Å². The van der Waals surface area contributed by atoms with Gasteiger partial charge in [-0.2, -0.15) is 5.10 Å². The largest absolute Gasteiger partial charge is 0.374 e.